The van der Waals surface area contributed by atoms with E-state index in [9.17, 15) is 9.90 Å². The van der Waals surface area contributed by atoms with Gasteiger partial charge in [0, 0.05) is 25.8 Å². The molecule has 0 saturated heterocycles. The van der Waals surface area contributed by atoms with Gasteiger partial charge in [0.15, 0.2) is 0 Å². The number of hydrogen-bond donors (Lipinski definition) is 1. The molecule has 5 nitrogen and oxygen atoms in total. The summed E-state index contributed by atoms with van der Waals surface area (Å²) >= 11 is 0. The van der Waals surface area contributed by atoms with Crippen molar-refractivity contribution in [2.45, 2.75) is 13.5 Å². The number of nitrogens with zero attached hydrogens (tertiary/aromatic N) is 2. The van der Waals surface area contributed by atoms with Crippen molar-refractivity contribution in [3.63, 3.8) is 0 Å². The van der Waals surface area contributed by atoms with Crippen LogP contribution in [0, 0.1) is 0 Å². The predicted molar refractivity (Wildman–Crippen MR) is 101 cm³/mol. The fourth-order valence-electron chi connectivity index (χ4n) is 2.64. The van der Waals surface area contributed by atoms with Crippen LogP contribution in [0.1, 0.15) is 18.1 Å². The lowest BCUT2D eigenvalue weighted by molar-refractivity contribution is 0.466. The molecule has 0 unspecified atom stereocenters. The Bertz CT molecular complexity index is 989. The van der Waals surface area contributed by atoms with Crippen LogP contribution in [0.3, 0.4) is 0 Å². The molecule has 128 valence electrons. The third-order valence-electron chi connectivity index (χ3n) is 4.08. The van der Waals surface area contributed by atoms with Crippen molar-refractivity contribution >= 4 is 22.4 Å². The summed E-state index contributed by atoms with van der Waals surface area (Å²) in [5.41, 5.74) is 2.25. The number of hydrogen-bond acceptors (Lipinski definition) is 5. The van der Waals surface area contributed by atoms with Gasteiger partial charge in [-0.3, -0.25) is 4.99 Å². The number of aliphatic imine (C=N–C) groups is 1. The summed E-state index contributed by atoms with van der Waals surface area (Å²) in [6.45, 7) is 2.14. The van der Waals surface area contributed by atoms with Crippen LogP contribution in [-0.2, 0) is 6.54 Å². The third-order valence-corrected chi connectivity index (χ3v) is 4.08. The number of benzene rings is 2. The van der Waals surface area contributed by atoms with E-state index in [4.69, 9.17) is 4.42 Å². The summed E-state index contributed by atoms with van der Waals surface area (Å²) < 4.78 is 5.41. The molecule has 3 rings (SSSR count). The minimum absolute atomic E-state index is 0.0918. The SMILES string of the molecule is CC(=NCc1ccccc1)c1c(O)c2ccc(N(C)C)cc2oc1=O. The highest BCUT2D eigenvalue weighted by Gasteiger charge is 2.17. The molecule has 0 saturated carbocycles. The standard InChI is InChI=1S/C20H20N2O3/c1-13(21-12-14-7-5-4-6-8-14)18-19(23)16-10-9-15(22(2)3)11-17(16)25-20(18)24/h4-11,23H,12H2,1-3H3. The zero-order chi connectivity index (χ0) is 18.0. The maximum atomic E-state index is 12.4. The largest absolute Gasteiger partial charge is 0.506 e. The van der Waals surface area contributed by atoms with Gasteiger partial charge in [-0.2, -0.15) is 0 Å². The summed E-state index contributed by atoms with van der Waals surface area (Å²) in [6.07, 6.45) is 0. The van der Waals surface area contributed by atoms with Crippen LogP contribution >= 0.6 is 0 Å². The highest BCUT2D eigenvalue weighted by atomic mass is 16.4. The van der Waals surface area contributed by atoms with Gasteiger partial charge < -0.3 is 14.4 Å². The highest BCUT2D eigenvalue weighted by molar-refractivity contribution is 6.04. The van der Waals surface area contributed by atoms with Crippen LogP contribution < -0.4 is 10.5 Å². The number of anilines is 1. The van der Waals surface area contributed by atoms with Gasteiger partial charge in [-0.1, -0.05) is 30.3 Å². The quantitative estimate of drug-likeness (QED) is 0.584. The van der Waals surface area contributed by atoms with Gasteiger partial charge >= 0.3 is 5.63 Å². The van der Waals surface area contributed by atoms with E-state index in [-0.39, 0.29) is 11.3 Å². The Morgan fingerprint density at radius 2 is 1.88 bits per heavy atom. The van der Waals surface area contributed by atoms with Crippen molar-refractivity contribution in [2.75, 3.05) is 19.0 Å². The Hall–Kier alpha value is -3.08. The lowest BCUT2D eigenvalue weighted by Gasteiger charge is -2.13. The molecule has 0 aliphatic carbocycles. The first-order chi connectivity index (χ1) is 12.0. The molecule has 0 radical (unpaired) electrons. The monoisotopic (exact) mass is 336 g/mol. The van der Waals surface area contributed by atoms with Gasteiger partial charge in [0.05, 0.1) is 17.6 Å². The second-order valence-electron chi connectivity index (χ2n) is 6.08. The van der Waals surface area contributed by atoms with Crippen molar-refractivity contribution in [3.8, 4) is 5.75 Å². The topological polar surface area (TPSA) is 66.0 Å². The maximum absolute atomic E-state index is 12.4. The number of rotatable bonds is 4. The molecule has 0 atom stereocenters. The van der Waals surface area contributed by atoms with Gasteiger partial charge in [0.2, 0.25) is 0 Å². The smallest absolute Gasteiger partial charge is 0.349 e. The molecule has 0 aliphatic heterocycles. The van der Waals surface area contributed by atoms with Gasteiger partial charge in [-0.15, -0.1) is 0 Å². The summed E-state index contributed by atoms with van der Waals surface area (Å²) in [5, 5.41) is 11.1. The van der Waals surface area contributed by atoms with Crippen LogP contribution in [0.5, 0.6) is 5.75 Å². The van der Waals surface area contributed by atoms with E-state index in [0.29, 0.717) is 23.2 Å². The van der Waals surface area contributed by atoms with Gasteiger partial charge in [-0.05, 0) is 24.6 Å². The van der Waals surface area contributed by atoms with E-state index < -0.39 is 5.63 Å². The van der Waals surface area contributed by atoms with E-state index >= 15 is 0 Å². The van der Waals surface area contributed by atoms with Crippen LogP contribution in [0.2, 0.25) is 0 Å². The molecule has 0 spiro atoms. The van der Waals surface area contributed by atoms with Crippen molar-refractivity contribution in [1.29, 1.82) is 0 Å². The van der Waals surface area contributed by atoms with Gasteiger partial charge in [-0.25, -0.2) is 4.79 Å². The minimum atomic E-state index is -0.588. The second-order valence-corrected chi connectivity index (χ2v) is 6.08. The molecular weight excluding hydrogens is 316 g/mol. The van der Waals surface area contributed by atoms with Crippen LogP contribution in [0.15, 0.2) is 62.7 Å². The minimum Gasteiger partial charge on any atom is -0.506 e. The number of fused-ring (bicyclic) bond motifs is 1. The van der Waals surface area contributed by atoms with E-state index in [1.807, 2.05) is 55.4 Å². The molecule has 3 aromatic rings. The highest BCUT2D eigenvalue weighted by Crippen LogP contribution is 2.29. The maximum Gasteiger partial charge on any atom is 0.349 e. The second kappa shape index (κ2) is 6.81. The Labute approximate surface area is 145 Å². The molecular formula is C20H20N2O3. The van der Waals surface area contributed by atoms with E-state index in [1.54, 1.807) is 19.1 Å². The van der Waals surface area contributed by atoms with E-state index in [1.165, 1.54) is 0 Å². The first-order valence-corrected chi connectivity index (χ1v) is 8.00. The van der Waals surface area contributed by atoms with Crippen LogP contribution in [0.25, 0.3) is 11.0 Å². The average Bonchev–Trinajstić information content (AvgIpc) is 2.60. The molecule has 0 amide bonds. The fourth-order valence-corrected chi connectivity index (χ4v) is 2.64. The first kappa shape index (κ1) is 16.8. The molecule has 2 aromatic carbocycles. The summed E-state index contributed by atoms with van der Waals surface area (Å²) in [6, 6.07) is 15.1. The average molecular weight is 336 g/mol. The zero-order valence-corrected chi connectivity index (χ0v) is 14.5. The van der Waals surface area contributed by atoms with Crippen molar-refractivity contribution < 1.29 is 9.52 Å². The normalized spacial score (nSPS) is 11.7. The van der Waals surface area contributed by atoms with E-state index in [0.717, 1.165) is 11.3 Å². The summed E-state index contributed by atoms with van der Waals surface area (Å²) in [4.78, 5) is 18.7. The Balaban J connectivity index is 2.04. The Morgan fingerprint density at radius 3 is 2.56 bits per heavy atom. The zero-order valence-electron chi connectivity index (χ0n) is 14.5. The molecule has 5 heteroatoms. The molecule has 0 bridgehead atoms. The van der Waals surface area contributed by atoms with E-state index in [2.05, 4.69) is 4.99 Å². The molecule has 0 fully saturated rings. The lowest BCUT2D eigenvalue weighted by atomic mass is 10.1. The lowest BCUT2D eigenvalue weighted by Crippen LogP contribution is -2.14. The van der Waals surface area contributed by atoms with Crippen LogP contribution in [-0.4, -0.2) is 24.9 Å². The van der Waals surface area contributed by atoms with Gasteiger partial charge in [0.1, 0.15) is 16.9 Å². The fraction of sp³-hybridized carbons (Fsp3) is 0.200. The number of aromatic hydroxyl groups is 1. The Kier molecular flexibility index (Phi) is 4.57. The molecule has 1 N–H and O–H groups in total. The van der Waals surface area contributed by atoms with Crippen molar-refractivity contribution in [1.82, 2.24) is 0 Å². The predicted octanol–water partition coefficient (Wildman–Crippen LogP) is 3.57. The van der Waals surface area contributed by atoms with Crippen molar-refractivity contribution in [3.05, 3.63) is 70.1 Å². The van der Waals surface area contributed by atoms with Crippen molar-refractivity contribution in [2.24, 2.45) is 4.99 Å². The molecule has 0 aliphatic rings. The summed E-state index contributed by atoms with van der Waals surface area (Å²) in [7, 11) is 3.79. The Morgan fingerprint density at radius 1 is 1.16 bits per heavy atom. The van der Waals surface area contributed by atoms with Gasteiger partial charge in [0.25, 0.3) is 0 Å². The molecule has 1 aromatic heterocycles. The first-order valence-electron chi connectivity index (χ1n) is 8.00. The summed E-state index contributed by atoms with van der Waals surface area (Å²) in [5.74, 6) is -0.0918. The molecule has 25 heavy (non-hydrogen) atoms. The van der Waals surface area contributed by atoms with Crippen LogP contribution in [0.4, 0.5) is 5.69 Å². The third kappa shape index (κ3) is 3.40. The molecule has 1 heterocycles.